The van der Waals surface area contributed by atoms with Gasteiger partial charge in [-0.3, -0.25) is 4.79 Å². The Morgan fingerprint density at radius 2 is 2.00 bits per heavy atom. The summed E-state index contributed by atoms with van der Waals surface area (Å²) in [6.07, 6.45) is 1.06. The standard InChI is InChI=1S/C25H23ClN2O3/c1-4-15(2)16-9-11-23-22(13-16)28-25(31-23)18-8-10-20(26)21(14-18)27-24(29)17-6-5-7-19(12-17)30-3/h5-15H,4H2,1-3H3,(H,27,29)/t15-/m1/s1. The molecule has 0 fully saturated rings. The highest BCUT2D eigenvalue weighted by atomic mass is 35.5. The van der Waals surface area contributed by atoms with Crippen LogP contribution in [0.4, 0.5) is 5.69 Å². The molecule has 3 aromatic carbocycles. The molecule has 5 nitrogen and oxygen atoms in total. The molecule has 0 radical (unpaired) electrons. The lowest BCUT2D eigenvalue weighted by Gasteiger charge is -2.09. The van der Waals surface area contributed by atoms with E-state index in [1.165, 1.54) is 5.56 Å². The second kappa shape index (κ2) is 8.82. The van der Waals surface area contributed by atoms with Gasteiger partial charge in [-0.2, -0.15) is 0 Å². The van der Waals surface area contributed by atoms with Crippen molar-refractivity contribution in [2.75, 3.05) is 12.4 Å². The molecule has 0 saturated carbocycles. The first-order valence-corrected chi connectivity index (χ1v) is 10.5. The highest BCUT2D eigenvalue weighted by Gasteiger charge is 2.14. The topological polar surface area (TPSA) is 64.4 Å². The van der Waals surface area contributed by atoms with Crippen molar-refractivity contribution in [3.63, 3.8) is 0 Å². The number of oxazole rings is 1. The third-order valence-corrected chi connectivity index (χ3v) is 5.72. The molecule has 0 unspecified atom stereocenters. The number of nitrogens with one attached hydrogen (secondary N) is 1. The fourth-order valence-corrected chi connectivity index (χ4v) is 3.49. The zero-order valence-corrected chi connectivity index (χ0v) is 18.4. The molecule has 0 bridgehead atoms. The van der Waals surface area contributed by atoms with E-state index in [9.17, 15) is 4.79 Å². The summed E-state index contributed by atoms with van der Waals surface area (Å²) in [4.78, 5) is 17.3. The van der Waals surface area contributed by atoms with Gasteiger partial charge in [0.15, 0.2) is 5.58 Å². The van der Waals surface area contributed by atoms with Gasteiger partial charge in [0, 0.05) is 11.1 Å². The first kappa shape index (κ1) is 20.9. The van der Waals surface area contributed by atoms with Crippen LogP contribution < -0.4 is 10.1 Å². The summed E-state index contributed by atoms with van der Waals surface area (Å²) in [5, 5.41) is 3.28. The molecule has 0 aliphatic rings. The van der Waals surface area contributed by atoms with Gasteiger partial charge >= 0.3 is 0 Å². The van der Waals surface area contributed by atoms with Gasteiger partial charge in [0.25, 0.3) is 5.91 Å². The highest BCUT2D eigenvalue weighted by Crippen LogP contribution is 2.32. The molecule has 1 N–H and O–H groups in total. The van der Waals surface area contributed by atoms with E-state index in [-0.39, 0.29) is 5.91 Å². The number of carbonyl (C=O) groups excluding carboxylic acids is 1. The Labute approximate surface area is 186 Å². The van der Waals surface area contributed by atoms with E-state index >= 15 is 0 Å². The molecule has 158 valence electrons. The van der Waals surface area contributed by atoms with Gasteiger partial charge in [-0.05, 0) is 66.4 Å². The zero-order valence-electron chi connectivity index (χ0n) is 17.6. The highest BCUT2D eigenvalue weighted by molar-refractivity contribution is 6.34. The Morgan fingerprint density at radius 1 is 1.16 bits per heavy atom. The summed E-state index contributed by atoms with van der Waals surface area (Å²) in [5.74, 6) is 1.26. The molecular formula is C25H23ClN2O3. The number of methoxy groups -OCH3 is 1. The third kappa shape index (κ3) is 4.42. The van der Waals surface area contributed by atoms with Gasteiger partial charge in [0.2, 0.25) is 5.89 Å². The largest absolute Gasteiger partial charge is 0.497 e. The number of amides is 1. The van der Waals surface area contributed by atoms with Crippen LogP contribution in [0.15, 0.2) is 65.1 Å². The van der Waals surface area contributed by atoms with Gasteiger partial charge in [0.05, 0.1) is 17.8 Å². The Balaban J connectivity index is 1.63. The van der Waals surface area contributed by atoms with Crippen molar-refractivity contribution in [1.29, 1.82) is 0 Å². The number of rotatable bonds is 6. The Kier molecular flexibility index (Phi) is 5.96. The summed E-state index contributed by atoms with van der Waals surface area (Å²) in [6.45, 7) is 4.36. The number of fused-ring (bicyclic) bond motifs is 1. The lowest BCUT2D eigenvalue weighted by molar-refractivity contribution is 0.102. The Bertz CT molecular complexity index is 1250. The second-order valence-corrected chi connectivity index (χ2v) is 7.84. The maximum Gasteiger partial charge on any atom is 0.255 e. The molecule has 1 atom stereocenters. The number of benzene rings is 3. The fraction of sp³-hybridized carbons (Fsp3) is 0.200. The number of hydrogen-bond acceptors (Lipinski definition) is 4. The SMILES string of the molecule is CC[C@@H](C)c1ccc2oc(-c3ccc(Cl)c(NC(=O)c4cccc(OC)c4)c3)nc2c1. The Hall–Kier alpha value is -3.31. The molecular weight excluding hydrogens is 412 g/mol. The number of aromatic nitrogens is 1. The molecule has 6 heteroatoms. The molecule has 0 aliphatic heterocycles. The summed E-state index contributed by atoms with van der Waals surface area (Å²) in [7, 11) is 1.56. The smallest absolute Gasteiger partial charge is 0.255 e. The maximum atomic E-state index is 12.7. The van der Waals surface area contributed by atoms with Crippen LogP contribution in [0, 0.1) is 0 Å². The van der Waals surface area contributed by atoms with E-state index in [0.717, 1.165) is 23.1 Å². The molecule has 0 aliphatic carbocycles. The predicted molar refractivity (Wildman–Crippen MR) is 124 cm³/mol. The summed E-state index contributed by atoms with van der Waals surface area (Å²) in [6, 6.07) is 18.3. The lowest BCUT2D eigenvalue weighted by Crippen LogP contribution is -2.12. The predicted octanol–water partition coefficient (Wildman–Crippen LogP) is 6.92. The van der Waals surface area contributed by atoms with Crippen molar-refractivity contribution < 1.29 is 13.9 Å². The van der Waals surface area contributed by atoms with Crippen molar-refractivity contribution in [2.45, 2.75) is 26.2 Å². The summed E-state index contributed by atoms with van der Waals surface area (Å²) < 4.78 is 11.1. The second-order valence-electron chi connectivity index (χ2n) is 7.44. The van der Waals surface area contributed by atoms with Crippen molar-refractivity contribution >= 4 is 34.3 Å². The molecule has 1 amide bonds. The van der Waals surface area contributed by atoms with E-state index in [4.69, 9.17) is 20.8 Å². The van der Waals surface area contributed by atoms with Crippen LogP contribution in [-0.2, 0) is 0 Å². The van der Waals surface area contributed by atoms with E-state index in [2.05, 4.69) is 36.3 Å². The number of carbonyl (C=O) groups is 1. The number of nitrogens with zero attached hydrogens (tertiary/aromatic N) is 1. The minimum Gasteiger partial charge on any atom is -0.497 e. The quantitative estimate of drug-likeness (QED) is 0.357. The van der Waals surface area contributed by atoms with E-state index in [1.54, 1.807) is 43.5 Å². The lowest BCUT2D eigenvalue weighted by atomic mass is 9.98. The monoisotopic (exact) mass is 434 g/mol. The van der Waals surface area contributed by atoms with Crippen LogP contribution in [0.2, 0.25) is 5.02 Å². The van der Waals surface area contributed by atoms with Crippen LogP contribution in [0.1, 0.15) is 42.1 Å². The third-order valence-electron chi connectivity index (χ3n) is 5.39. The molecule has 1 heterocycles. The summed E-state index contributed by atoms with van der Waals surface area (Å²) in [5.41, 5.74) is 4.45. The number of hydrogen-bond donors (Lipinski definition) is 1. The number of halogens is 1. The number of anilines is 1. The van der Waals surface area contributed by atoms with Crippen LogP contribution in [0.3, 0.4) is 0 Å². The van der Waals surface area contributed by atoms with Crippen molar-refractivity contribution in [2.24, 2.45) is 0 Å². The zero-order chi connectivity index (χ0) is 22.0. The van der Waals surface area contributed by atoms with E-state index in [1.807, 2.05) is 12.1 Å². The molecule has 0 saturated heterocycles. The van der Waals surface area contributed by atoms with Gasteiger partial charge in [-0.15, -0.1) is 0 Å². The maximum absolute atomic E-state index is 12.7. The molecule has 31 heavy (non-hydrogen) atoms. The normalized spacial score (nSPS) is 12.0. The van der Waals surface area contributed by atoms with Crippen molar-refractivity contribution in [1.82, 2.24) is 4.98 Å². The van der Waals surface area contributed by atoms with Crippen LogP contribution in [-0.4, -0.2) is 18.0 Å². The minimum absolute atomic E-state index is 0.284. The van der Waals surface area contributed by atoms with Gasteiger partial charge in [-0.1, -0.05) is 37.6 Å². The van der Waals surface area contributed by atoms with Crippen molar-refractivity contribution in [3.05, 3.63) is 76.8 Å². The molecule has 4 rings (SSSR count). The van der Waals surface area contributed by atoms with Crippen LogP contribution >= 0.6 is 11.6 Å². The summed E-state index contributed by atoms with van der Waals surface area (Å²) >= 11 is 6.33. The van der Waals surface area contributed by atoms with Crippen LogP contribution in [0.25, 0.3) is 22.6 Å². The molecule has 4 aromatic rings. The molecule has 1 aromatic heterocycles. The first-order valence-electron chi connectivity index (χ1n) is 10.1. The Morgan fingerprint density at radius 3 is 2.77 bits per heavy atom. The molecule has 0 spiro atoms. The van der Waals surface area contributed by atoms with Crippen LogP contribution in [0.5, 0.6) is 5.75 Å². The first-order chi connectivity index (χ1) is 15.0. The minimum atomic E-state index is -0.284. The van der Waals surface area contributed by atoms with E-state index in [0.29, 0.717) is 33.8 Å². The van der Waals surface area contributed by atoms with Gasteiger partial charge < -0.3 is 14.5 Å². The fourth-order valence-electron chi connectivity index (χ4n) is 3.32. The van der Waals surface area contributed by atoms with Gasteiger partial charge in [0.1, 0.15) is 11.3 Å². The van der Waals surface area contributed by atoms with E-state index < -0.39 is 0 Å². The number of ether oxygens (including phenoxy) is 1. The average Bonchev–Trinajstić information content (AvgIpc) is 3.23. The van der Waals surface area contributed by atoms with Crippen molar-refractivity contribution in [3.8, 4) is 17.2 Å². The van der Waals surface area contributed by atoms with Gasteiger partial charge in [-0.25, -0.2) is 4.98 Å². The average molecular weight is 435 g/mol.